The summed E-state index contributed by atoms with van der Waals surface area (Å²) in [6, 6.07) is 7.30. The molecular formula is C8H7NO3S. The lowest BCUT2D eigenvalue weighted by Crippen LogP contribution is -2.33. The third kappa shape index (κ3) is 1.56. The van der Waals surface area contributed by atoms with E-state index in [9.17, 15) is 8.42 Å². The molecule has 1 aromatic rings. The van der Waals surface area contributed by atoms with E-state index in [0.29, 0.717) is 12.2 Å². The molecule has 1 aromatic carbocycles. The number of benzene rings is 1. The second-order valence-electron chi connectivity index (χ2n) is 2.65. The minimum Gasteiger partial charge on any atom is -0.403 e. The van der Waals surface area contributed by atoms with Gasteiger partial charge in [-0.25, -0.2) is 0 Å². The first-order valence-electron chi connectivity index (χ1n) is 3.73. The van der Waals surface area contributed by atoms with Crippen molar-refractivity contribution in [3.8, 4) is 5.75 Å². The van der Waals surface area contributed by atoms with Gasteiger partial charge in [0.25, 0.3) is 0 Å². The Morgan fingerprint density at radius 2 is 2.08 bits per heavy atom. The van der Waals surface area contributed by atoms with Crippen molar-refractivity contribution in [3.63, 3.8) is 0 Å². The third-order valence-corrected chi connectivity index (χ3v) is 2.43. The number of rotatable bonds is 0. The molecule has 0 fully saturated rings. The van der Waals surface area contributed by atoms with Crippen molar-refractivity contribution in [2.24, 2.45) is 0 Å². The predicted octanol–water partition coefficient (Wildman–Crippen LogP) is 0.135. The molecule has 0 bridgehead atoms. The van der Waals surface area contributed by atoms with E-state index in [2.05, 4.69) is 5.48 Å². The van der Waals surface area contributed by atoms with Crippen LogP contribution >= 0.6 is 0 Å². The third-order valence-electron chi connectivity index (χ3n) is 1.80. The Hall–Kier alpha value is -1.33. The molecule has 0 radical (unpaired) electrons. The molecule has 0 spiro atoms. The van der Waals surface area contributed by atoms with Gasteiger partial charge >= 0.3 is 0 Å². The first kappa shape index (κ1) is 8.28. The standard InChI is InChI=1S/C8H7NO3S/c10-13(11)8-5-6-3-1-2-4-7(6)12-9-8/h1-4,9H,5H2. The van der Waals surface area contributed by atoms with Gasteiger partial charge in [0.15, 0.2) is 10.7 Å². The van der Waals surface area contributed by atoms with E-state index in [-0.39, 0.29) is 4.99 Å². The second kappa shape index (κ2) is 3.20. The molecule has 0 atom stereocenters. The van der Waals surface area contributed by atoms with Gasteiger partial charge in [-0.15, -0.1) is 5.48 Å². The fourth-order valence-corrected chi connectivity index (χ4v) is 1.55. The fourth-order valence-electron chi connectivity index (χ4n) is 1.16. The highest BCUT2D eigenvalue weighted by molar-refractivity contribution is 7.72. The van der Waals surface area contributed by atoms with E-state index in [1.54, 1.807) is 6.07 Å². The molecule has 5 heteroatoms. The Labute approximate surface area is 76.6 Å². The monoisotopic (exact) mass is 197 g/mol. The minimum atomic E-state index is -2.23. The van der Waals surface area contributed by atoms with Crippen molar-refractivity contribution in [2.45, 2.75) is 6.42 Å². The highest BCUT2D eigenvalue weighted by Crippen LogP contribution is 2.20. The van der Waals surface area contributed by atoms with Crippen LogP contribution in [0, 0.1) is 0 Å². The van der Waals surface area contributed by atoms with Crippen molar-refractivity contribution in [1.29, 1.82) is 0 Å². The van der Waals surface area contributed by atoms with E-state index in [1.807, 2.05) is 18.2 Å². The van der Waals surface area contributed by atoms with E-state index in [1.165, 1.54) is 0 Å². The summed E-state index contributed by atoms with van der Waals surface area (Å²) in [6.07, 6.45) is 0.367. The van der Waals surface area contributed by atoms with E-state index in [4.69, 9.17) is 4.84 Å². The Morgan fingerprint density at radius 1 is 1.31 bits per heavy atom. The summed E-state index contributed by atoms with van der Waals surface area (Å²) in [4.78, 5) is 5.18. The summed E-state index contributed by atoms with van der Waals surface area (Å²) in [7, 11) is -2.23. The van der Waals surface area contributed by atoms with Crippen molar-refractivity contribution in [1.82, 2.24) is 5.48 Å². The summed E-state index contributed by atoms with van der Waals surface area (Å²) in [6.45, 7) is 0. The van der Waals surface area contributed by atoms with Gasteiger partial charge in [0.05, 0.1) is 0 Å². The van der Waals surface area contributed by atoms with Crippen LogP contribution in [0.15, 0.2) is 24.3 Å². The molecule has 0 aliphatic carbocycles. The molecule has 0 unspecified atom stereocenters. The molecule has 1 aliphatic heterocycles. The van der Waals surface area contributed by atoms with Crippen molar-refractivity contribution >= 4 is 15.3 Å². The van der Waals surface area contributed by atoms with Gasteiger partial charge in [0.2, 0.25) is 10.3 Å². The highest BCUT2D eigenvalue weighted by atomic mass is 32.2. The topological polar surface area (TPSA) is 55.4 Å². The molecule has 13 heavy (non-hydrogen) atoms. The van der Waals surface area contributed by atoms with Crippen LogP contribution in [-0.4, -0.2) is 13.4 Å². The van der Waals surface area contributed by atoms with Crippen LogP contribution in [0.1, 0.15) is 5.56 Å². The van der Waals surface area contributed by atoms with Crippen molar-refractivity contribution < 1.29 is 13.3 Å². The maximum absolute atomic E-state index is 10.6. The second-order valence-corrected chi connectivity index (χ2v) is 3.61. The van der Waals surface area contributed by atoms with E-state index >= 15 is 0 Å². The number of hydrogen-bond acceptors (Lipinski definition) is 3. The number of hydrogen-bond donors (Lipinski definition) is 1. The van der Waals surface area contributed by atoms with Crippen LogP contribution in [0.3, 0.4) is 0 Å². The summed E-state index contributed by atoms with van der Waals surface area (Å²) in [5.74, 6) is 0.678. The zero-order valence-corrected chi connectivity index (χ0v) is 7.47. The lowest BCUT2D eigenvalue weighted by atomic mass is 10.1. The van der Waals surface area contributed by atoms with Crippen LogP contribution in [0.2, 0.25) is 0 Å². The van der Waals surface area contributed by atoms with Gasteiger partial charge in [-0.05, 0) is 6.07 Å². The molecule has 1 aliphatic rings. The SMILES string of the molecule is O=S(=O)=C1Cc2ccccc2ON1. The predicted molar refractivity (Wildman–Crippen MR) is 47.8 cm³/mol. The normalized spacial score (nSPS) is 14.6. The number of hydroxylamine groups is 1. The number of para-hydroxylation sites is 1. The Bertz CT molecular complexity index is 456. The van der Waals surface area contributed by atoms with Gasteiger partial charge < -0.3 is 4.84 Å². The summed E-state index contributed by atoms with van der Waals surface area (Å²) < 4.78 is 21.2. The molecule has 0 amide bonds. The molecule has 4 nitrogen and oxygen atoms in total. The largest absolute Gasteiger partial charge is 0.403 e. The van der Waals surface area contributed by atoms with Gasteiger partial charge in [0.1, 0.15) is 0 Å². The van der Waals surface area contributed by atoms with E-state index < -0.39 is 10.3 Å². The van der Waals surface area contributed by atoms with Gasteiger partial charge in [-0.2, -0.15) is 8.42 Å². The molecule has 1 heterocycles. The van der Waals surface area contributed by atoms with Crippen LogP contribution in [-0.2, 0) is 16.7 Å². The van der Waals surface area contributed by atoms with Crippen LogP contribution in [0.25, 0.3) is 0 Å². The zero-order chi connectivity index (χ0) is 9.26. The molecule has 0 saturated carbocycles. The molecule has 0 saturated heterocycles. The zero-order valence-electron chi connectivity index (χ0n) is 6.65. The number of nitrogens with one attached hydrogen (secondary N) is 1. The quantitative estimate of drug-likeness (QED) is 0.601. The van der Waals surface area contributed by atoms with Crippen LogP contribution in [0.4, 0.5) is 0 Å². The van der Waals surface area contributed by atoms with Crippen LogP contribution in [0.5, 0.6) is 5.75 Å². The first-order chi connectivity index (χ1) is 6.27. The van der Waals surface area contributed by atoms with Gasteiger partial charge in [-0.1, -0.05) is 18.2 Å². The maximum atomic E-state index is 10.6. The van der Waals surface area contributed by atoms with Crippen LogP contribution < -0.4 is 10.3 Å². The Kier molecular flexibility index (Phi) is 2.03. The number of fused-ring (bicyclic) bond motifs is 1. The minimum absolute atomic E-state index is 0.165. The van der Waals surface area contributed by atoms with Crippen molar-refractivity contribution in [2.75, 3.05) is 0 Å². The first-order valence-corrected chi connectivity index (χ1v) is 4.81. The molecular weight excluding hydrogens is 190 g/mol. The fraction of sp³-hybridized carbons (Fsp3) is 0.125. The maximum Gasteiger partial charge on any atom is 0.231 e. The Morgan fingerprint density at radius 3 is 2.85 bits per heavy atom. The average molecular weight is 197 g/mol. The average Bonchev–Trinajstić information content (AvgIpc) is 2.17. The molecule has 2 rings (SSSR count). The molecule has 68 valence electrons. The van der Waals surface area contributed by atoms with Crippen molar-refractivity contribution in [3.05, 3.63) is 29.8 Å². The lowest BCUT2D eigenvalue weighted by Gasteiger charge is -2.16. The lowest BCUT2D eigenvalue weighted by molar-refractivity contribution is 0.252. The smallest absolute Gasteiger partial charge is 0.231 e. The Balaban J connectivity index is 2.46. The molecule has 0 aromatic heterocycles. The molecule has 1 N–H and O–H groups in total. The van der Waals surface area contributed by atoms with Gasteiger partial charge in [-0.3, -0.25) is 0 Å². The summed E-state index contributed by atoms with van der Waals surface area (Å²) >= 11 is 0. The van der Waals surface area contributed by atoms with E-state index in [0.717, 1.165) is 5.56 Å². The summed E-state index contributed by atoms with van der Waals surface area (Å²) in [5, 5.41) is 0. The highest BCUT2D eigenvalue weighted by Gasteiger charge is 2.14. The summed E-state index contributed by atoms with van der Waals surface area (Å²) in [5.41, 5.74) is 3.25. The van der Waals surface area contributed by atoms with Gasteiger partial charge in [0, 0.05) is 12.0 Å².